The molecule has 1 aromatic rings. The summed E-state index contributed by atoms with van der Waals surface area (Å²) in [6.45, 7) is 3.22. The number of hydrogen-bond donors (Lipinski definition) is 0. The van der Waals surface area contributed by atoms with Crippen LogP contribution < -0.4 is 4.74 Å². The molecule has 0 aliphatic heterocycles. The molecular formula is C10H13BrO2. The van der Waals surface area contributed by atoms with Crippen LogP contribution in [0.25, 0.3) is 0 Å². The summed E-state index contributed by atoms with van der Waals surface area (Å²) in [5.74, 6) is 0.902. The lowest BCUT2D eigenvalue weighted by Gasteiger charge is -2.09. The van der Waals surface area contributed by atoms with E-state index in [2.05, 4.69) is 15.9 Å². The second-order valence-electron chi connectivity index (χ2n) is 2.73. The van der Waals surface area contributed by atoms with Crippen LogP contribution in [0.5, 0.6) is 5.75 Å². The maximum absolute atomic E-state index is 5.54. The molecule has 0 unspecified atom stereocenters. The van der Waals surface area contributed by atoms with Crippen LogP contribution in [0, 0.1) is 6.92 Å². The summed E-state index contributed by atoms with van der Waals surface area (Å²) in [6, 6.07) is 5.98. The van der Waals surface area contributed by atoms with E-state index < -0.39 is 0 Å². The first kappa shape index (κ1) is 10.5. The van der Waals surface area contributed by atoms with Crippen molar-refractivity contribution < 1.29 is 9.47 Å². The van der Waals surface area contributed by atoms with Crippen LogP contribution in [-0.2, 0) is 4.74 Å². The number of benzene rings is 1. The van der Waals surface area contributed by atoms with Crippen molar-refractivity contribution in [2.45, 2.75) is 6.92 Å². The van der Waals surface area contributed by atoms with Crippen LogP contribution in [0.2, 0.25) is 0 Å². The topological polar surface area (TPSA) is 18.5 Å². The van der Waals surface area contributed by atoms with E-state index in [0.717, 1.165) is 15.8 Å². The maximum Gasteiger partial charge on any atom is 0.136 e. The van der Waals surface area contributed by atoms with Crippen LogP contribution in [0.3, 0.4) is 0 Å². The van der Waals surface area contributed by atoms with Crippen LogP contribution in [-0.4, -0.2) is 20.3 Å². The van der Waals surface area contributed by atoms with Crippen molar-refractivity contribution in [2.24, 2.45) is 0 Å². The van der Waals surface area contributed by atoms with E-state index in [1.807, 2.05) is 25.1 Å². The van der Waals surface area contributed by atoms with E-state index in [-0.39, 0.29) is 0 Å². The summed E-state index contributed by atoms with van der Waals surface area (Å²) in [6.07, 6.45) is 0. The highest BCUT2D eigenvalue weighted by Gasteiger charge is 2.03. The Morgan fingerprint density at radius 3 is 2.69 bits per heavy atom. The van der Waals surface area contributed by atoms with E-state index in [4.69, 9.17) is 9.47 Å². The van der Waals surface area contributed by atoms with Gasteiger partial charge in [0, 0.05) is 7.11 Å². The SMILES string of the molecule is COCCOc1c(C)cccc1Br. The van der Waals surface area contributed by atoms with Crippen molar-refractivity contribution in [3.8, 4) is 5.75 Å². The molecule has 2 nitrogen and oxygen atoms in total. The van der Waals surface area contributed by atoms with Gasteiger partial charge in [-0.1, -0.05) is 12.1 Å². The molecule has 0 aromatic heterocycles. The van der Waals surface area contributed by atoms with Gasteiger partial charge in [0.05, 0.1) is 11.1 Å². The number of halogens is 1. The van der Waals surface area contributed by atoms with E-state index in [0.29, 0.717) is 13.2 Å². The lowest BCUT2D eigenvalue weighted by Crippen LogP contribution is -2.05. The number of para-hydroxylation sites is 1. The first-order valence-electron chi connectivity index (χ1n) is 4.12. The Morgan fingerprint density at radius 1 is 1.31 bits per heavy atom. The number of ether oxygens (including phenoxy) is 2. The van der Waals surface area contributed by atoms with Gasteiger partial charge in [-0.3, -0.25) is 0 Å². The third-order valence-corrected chi connectivity index (χ3v) is 2.32. The predicted molar refractivity (Wildman–Crippen MR) is 56.3 cm³/mol. The van der Waals surface area contributed by atoms with Gasteiger partial charge in [-0.2, -0.15) is 0 Å². The molecule has 0 spiro atoms. The molecule has 0 N–H and O–H groups in total. The quantitative estimate of drug-likeness (QED) is 0.759. The van der Waals surface area contributed by atoms with E-state index in [1.54, 1.807) is 7.11 Å². The third kappa shape index (κ3) is 3.01. The monoisotopic (exact) mass is 244 g/mol. The van der Waals surface area contributed by atoms with Gasteiger partial charge in [0.1, 0.15) is 12.4 Å². The molecule has 0 aliphatic rings. The smallest absolute Gasteiger partial charge is 0.136 e. The minimum absolute atomic E-state index is 0.583. The zero-order chi connectivity index (χ0) is 9.68. The van der Waals surface area contributed by atoms with E-state index in [9.17, 15) is 0 Å². The van der Waals surface area contributed by atoms with Crippen LogP contribution in [0.4, 0.5) is 0 Å². The highest BCUT2D eigenvalue weighted by molar-refractivity contribution is 9.10. The fourth-order valence-corrected chi connectivity index (χ4v) is 1.61. The second kappa shape index (κ2) is 5.25. The molecule has 0 fully saturated rings. The van der Waals surface area contributed by atoms with E-state index >= 15 is 0 Å². The Bertz CT molecular complexity index is 253. The zero-order valence-corrected chi connectivity index (χ0v) is 9.43. The standard InChI is InChI=1S/C10H13BrO2/c1-8-4-3-5-9(11)10(8)13-7-6-12-2/h3-5H,6-7H2,1-2H3. The van der Waals surface area contributed by atoms with Crippen LogP contribution in [0.1, 0.15) is 5.56 Å². The summed E-state index contributed by atoms with van der Waals surface area (Å²) in [4.78, 5) is 0. The molecule has 3 heteroatoms. The first-order chi connectivity index (χ1) is 6.25. The average Bonchev–Trinajstić information content (AvgIpc) is 2.10. The third-order valence-electron chi connectivity index (χ3n) is 1.70. The van der Waals surface area contributed by atoms with Crippen molar-refractivity contribution in [1.82, 2.24) is 0 Å². The first-order valence-corrected chi connectivity index (χ1v) is 4.92. The average molecular weight is 245 g/mol. The molecule has 0 saturated heterocycles. The molecule has 0 heterocycles. The van der Waals surface area contributed by atoms with Gasteiger partial charge < -0.3 is 9.47 Å². The molecule has 0 bridgehead atoms. The second-order valence-corrected chi connectivity index (χ2v) is 3.58. The minimum atomic E-state index is 0.583. The number of aryl methyl sites for hydroxylation is 1. The van der Waals surface area contributed by atoms with Crippen LogP contribution >= 0.6 is 15.9 Å². The Morgan fingerprint density at radius 2 is 2.08 bits per heavy atom. The minimum Gasteiger partial charge on any atom is -0.490 e. The molecule has 0 saturated carbocycles. The van der Waals surface area contributed by atoms with E-state index in [1.165, 1.54) is 0 Å². The molecule has 13 heavy (non-hydrogen) atoms. The van der Waals surface area contributed by atoms with Gasteiger partial charge in [-0.15, -0.1) is 0 Å². The highest BCUT2D eigenvalue weighted by atomic mass is 79.9. The van der Waals surface area contributed by atoms with Gasteiger partial charge in [-0.25, -0.2) is 0 Å². The van der Waals surface area contributed by atoms with Crippen molar-refractivity contribution in [2.75, 3.05) is 20.3 Å². The Balaban J connectivity index is 2.64. The largest absolute Gasteiger partial charge is 0.490 e. The molecule has 0 atom stereocenters. The Kier molecular flexibility index (Phi) is 4.25. The molecule has 72 valence electrons. The van der Waals surface area contributed by atoms with Crippen LogP contribution in [0.15, 0.2) is 22.7 Å². The number of methoxy groups -OCH3 is 1. The summed E-state index contributed by atoms with van der Waals surface area (Å²) in [7, 11) is 1.66. The lowest BCUT2D eigenvalue weighted by atomic mass is 10.2. The van der Waals surface area contributed by atoms with Crippen molar-refractivity contribution >= 4 is 15.9 Å². The fraction of sp³-hybridized carbons (Fsp3) is 0.400. The number of rotatable bonds is 4. The molecule has 1 rings (SSSR count). The predicted octanol–water partition coefficient (Wildman–Crippen LogP) is 2.78. The van der Waals surface area contributed by atoms with Crippen molar-refractivity contribution in [3.63, 3.8) is 0 Å². The summed E-state index contributed by atoms with van der Waals surface area (Å²) >= 11 is 3.43. The van der Waals surface area contributed by atoms with Crippen molar-refractivity contribution in [1.29, 1.82) is 0 Å². The summed E-state index contributed by atoms with van der Waals surface area (Å²) in [5.41, 5.74) is 1.13. The molecule has 0 amide bonds. The Labute approximate surface area is 87.0 Å². The summed E-state index contributed by atoms with van der Waals surface area (Å²) in [5, 5.41) is 0. The Hall–Kier alpha value is -0.540. The zero-order valence-electron chi connectivity index (χ0n) is 7.84. The van der Waals surface area contributed by atoms with Gasteiger partial charge in [0.15, 0.2) is 0 Å². The molecule has 0 radical (unpaired) electrons. The summed E-state index contributed by atoms with van der Waals surface area (Å²) < 4.78 is 11.4. The molecule has 0 aliphatic carbocycles. The maximum atomic E-state index is 5.54. The van der Waals surface area contributed by atoms with Gasteiger partial charge in [0.2, 0.25) is 0 Å². The normalized spacial score (nSPS) is 10.1. The molecular weight excluding hydrogens is 232 g/mol. The fourth-order valence-electron chi connectivity index (χ4n) is 1.03. The molecule has 1 aromatic carbocycles. The van der Waals surface area contributed by atoms with Gasteiger partial charge in [-0.05, 0) is 34.5 Å². The van der Waals surface area contributed by atoms with Gasteiger partial charge in [0.25, 0.3) is 0 Å². The van der Waals surface area contributed by atoms with Crippen molar-refractivity contribution in [3.05, 3.63) is 28.2 Å². The number of hydrogen-bond acceptors (Lipinski definition) is 2. The van der Waals surface area contributed by atoms with Gasteiger partial charge >= 0.3 is 0 Å². The highest BCUT2D eigenvalue weighted by Crippen LogP contribution is 2.28. The lowest BCUT2D eigenvalue weighted by molar-refractivity contribution is 0.145.